The minimum Gasteiger partial charge on any atom is -0.378 e. The Hall–Kier alpha value is -2.63. The second kappa shape index (κ2) is 7.40. The van der Waals surface area contributed by atoms with Gasteiger partial charge in [-0.3, -0.25) is 4.79 Å². The summed E-state index contributed by atoms with van der Waals surface area (Å²) in [7, 11) is 3.98. The number of hydrogen-bond donors (Lipinski definition) is 2. The smallest absolute Gasteiger partial charge is 0.270 e. The Kier molecular flexibility index (Phi) is 5.30. The molecule has 0 atom stereocenters. The fraction of sp³-hybridized carbons (Fsp3) is 0.312. The summed E-state index contributed by atoms with van der Waals surface area (Å²) in [4.78, 5) is 22.3. The standard InChI is InChI=1S/C16H21N5O/c1-4-10-17-15(22)14-9-11-18-16(20-14)19-12-5-7-13(8-6-12)21(2)3/h5-9,11H,4,10H2,1-3H3,(H,17,22)(H,18,19,20). The minimum atomic E-state index is -0.185. The van der Waals surface area contributed by atoms with Crippen LogP contribution >= 0.6 is 0 Å². The van der Waals surface area contributed by atoms with Gasteiger partial charge in [0.15, 0.2) is 0 Å². The third-order valence-corrected chi connectivity index (χ3v) is 3.06. The van der Waals surface area contributed by atoms with Crippen LogP contribution in [0, 0.1) is 0 Å². The third kappa shape index (κ3) is 4.18. The first-order valence-corrected chi connectivity index (χ1v) is 7.26. The molecular weight excluding hydrogens is 278 g/mol. The van der Waals surface area contributed by atoms with E-state index in [-0.39, 0.29) is 5.91 Å². The van der Waals surface area contributed by atoms with Crippen molar-refractivity contribution in [1.29, 1.82) is 0 Å². The number of rotatable bonds is 6. The van der Waals surface area contributed by atoms with E-state index in [0.717, 1.165) is 17.8 Å². The van der Waals surface area contributed by atoms with Crippen molar-refractivity contribution < 1.29 is 4.79 Å². The molecule has 6 nitrogen and oxygen atoms in total. The Morgan fingerprint density at radius 1 is 1.18 bits per heavy atom. The molecule has 0 unspecified atom stereocenters. The molecule has 2 rings (SSSR count). The first-order chi connectivity index (χ1) is 10.6. The third-order valence-electron chi connectivity index (χ3n) is 3.06. The summed E-state index contributed by atoms with van der Waals surface area (Å²) in [6, 6.07) is 9.50. The van der Waals surface area contributed by atoms with Crippen LogP contribution in [-0.4, -0.2) is 36.5 Å². The van der Waals surface area contributed by atoms with Crippen LogP contribution in [0.2, 0.25) is 0 Å². The summed E-state index contributed by atoms with van der Waals surface area (Å²) < 4.78 is 0. The van der Waals surface area contributed by atoms with E-state index in [9.17, 15) is 4.79 Å². The van der Waals surface area contributed by atoms with Crippen molar-refractivity contribution in [2.75, 3.05) is 30.9 Å². The van der Waals surface area contributed by atoms with Crippen molar-refractivity contribution in [3.63, 3.8) is 0 Å². The van der Waals surface area contributed by atoms with E-state index < -0.39 is 0 Å². The van der Waals surface area contributed by atoms with Crippen LogP contribution < -0.4 is 15.5 Å². The number of nitrogens with one attached hydrogen (secondary N) is 2. The van der Waals surface area contributed by atoms with Crippen LogP contribution in [0.3, 0.4) is 0 Å². The van der Waals surface area contributed by atoms with Gasteiger partial charge in [0.05, 0.1) is 0 Å². The lowest BCUT2D eigenvalue weighted by molar-refractivity contribution is 0.0948. The van der Waals surface area contributed by atoms with Crippen LogP contribution in [0.5, 0.6) is 0 Å². The van der Waals surface area contributed by atoms with Crippen molar-refractivity contribution in [3.05, 3.63) is 42.2 Å². The molecule has 1 aromatic heterocycles. The van der Waals surface area contributed by atoms with Gasteiger partial charge in [0.1, 0.15) is 5.69 Å². The zero-order chi connectivity index (χ0) is 15.9. The lowest BCUT2D eigenvalue weighted by Crippen LogP contribution is -2.25. The van der Waals surface area contributed by atoms with Gasteiger partial charge < -0.3 is 15.5 Å². The molecule has 0 radical (unpaired) electrons. The van der Waals surface area contributed by atoms with E-state index in [1.165, 1.54) is 0 Å². The van der Waals surface area contributed by atoms with E-state index in [1.54, 1.807) is 12.3 Å². The second-order valence-electron chi connectivity index (χ2n) is 5.09. The maximum Gasteiger partial charge on any atom is 0.270 e. The number of carbonyl (C=O) groups excluding carboxylic acids is 1. The summed E-state index contributed by atoms with van der Waals surface area (Å²) in [5.74, 6) is 0.219. The molecule has 1 heterocycles. The number of amides is 1. The predicted octanol–water partition coefficient (Wildman–Crippen LogP) is 2.43. The summed E-state index contributed by atoms with van der Waals surface area (Å²) >= 11 is 0. The number of aromatic nitrogens is 2. The summed E-state index contributed by atoms with van der Waals surface area (Å²) in [5.41, 5.74) is 2.34. The molecule has 1 aromatic carbocycles. The zero-order valence-corrected chi connectivity index (χ0v) is 13.1. The topological polar surface area (TPSA) is 70.2 Å². The Labute approximate surface area is 130 Å². The van der Waals surface area contributed by atoms with Crippen molar-refractivity contribution in [3.8, 4) is 0 Å². The molecule has 0 aliphatic heterocycles. The van der Waals surface area contributed by atoms with Gasteiger partial charge in [-0.25, -0.2) is 9.97 Å². The van der Waals surface area contributed by atoms with E-state index in [1.807, 2.05) is 50.2 Å². The van der Waals surface area contributed by atoms with E-state index in [2.05, 4.69) is 20.6 Å². The van der Waals surface area contributed by atoms with Crippen LogP contribution in [0.1, 0.15) is 23.8 Å². The average molecular weight is 299 g/mol. The first kappa shape index (κ1) is 15.8. The lowest BCUT2D eigenvalue weighted by atomic mass is 10.2. The Bertz CT molecular complexity index is 625. The molecular formula is C16H21N5O. The minimum absolute atomic E-state index is 0.185. The quantitative estimate of drug-likeness (QED) is 0.857. The number of hydrogen-bond acceptors (Lipinski definition) is 5. The highest BCUT2D eigenvalue weighted by Crippen LogP contribution is 2.18. The van der Waals surface area contributed by atoms with Crippen molar-refractivity contribution in [2.24, 2.45) is 0 Å². The predicted molar refractivity (Wildman–Crippen MR) is 88.7 cm³/mol. The fourth-order valence-corrected chi connectivity index (χ4v) is 1.85. The first-order valence-electron chi connectivity index (χ1n) is 7.26. The van der Waals surface area contributed by atoms with Crippen molar-refractivity contribution in [1.82, 2.24) is 15.3 Å². The zero-order valence-electron chi connectivity index (χ0n) is 13.1. The molecule has 0 saturated carbocycles. The van der Waals surface area contributed by atoms with Gasteiger partial charge in [-0.2, -0.15) is 0 Å². The molecule has 6 heteroatoms. The van der Waals surface area contributed by atoms with Gasteiger partial charge in [0.2, 0.25) is 5.95 Å². The Balaban J connectivity index is 2.08. The SMILES string of the molecule is CCCNC(=O)c1ccnc(Nc2ccc(N(C)C)cc2)n1. The molecule has 0 aliphatic rings. The highest BCUT2D eigenvalue weighted by molar-refractivity contribution is 5.92. The summed E-state index contributed by atoms with van der Waals surface area (Å²) in [6.45, 7) is 2.64. The van der Waals surface area contributed by atoms with E-state index in [0.29, 0.717) is 18.2 Å². The molecule has 2 N–H and O–H groups in total. The summed E-state index contributed by atoms with van der Waals surface area (Å²) in [6.07, 6.45) is 2.46. The maximum atomic E-state index is 11.9. The van der Waals surface area contributed by atoms with E-state index in [4.69, 9.17) is 0 Å². The molecule has 0 aliphatic carbocycles. The number of benzene rings is 1. The van der Waals surface area contributed by atoms with Gasteiger partial charge in [0, 0.05) is 38.2 Å². The van der Waals surface area contributed by atoms with Crippen LogP contribution in [0.25, 0.3) is 0 Å². The monoisotopic (exact) mass is 299 g/mol. The molecule has 0 saturated heterocycles. The van der Waals surface area contributed by atoms with Crippen LogP contribution in [0.15, 0.2) is 36.5 Å². The summed E-state index contributed by atoms with van der Waals surface area (Å²) in [5, 5.41) is 5.90. The fourth-order valence-electron chi connectivity index (χ4n) is 1.85. The second-order valence-corrected chi connectivity index (χ2v) is 5.09. The number of anilines is 3. The van der Waals surface area contributed by atoms with Gasteiger partial charge in [-0.05, 0) is 36.8 Å². The van der Waals surface area contributed by atoms with Crippen LogP contribution in [0.4, 0.5) is 17.3 Å². The van der Waals surface area contributed by atoms with Crippen molar-refractivity contribution in [2.45, 2.75) is 13.3 Å². The molecule has 0 fully saturated rings. The van der Waals surface area contributed by atoms with Gasteiger partial charge >= 0.3 is 0 Å². The lowest BCUT2D eigenvalue weighted by Gasteiger charge is -2.13. The Morgan fingerprint density at radius 3 is 2.55 bits per heavy atom. The Morgan fingerprint density at radius 2 is 1.91 bits per heavy atom. The largest absolute Gasteiger partial charge is 0.378 e. The number of carbonyl (C=O) groups is 1. The highest BCUT2D eigenvalue weighted by Gasteiger charge is 2.08. The van der Waals surface area contributed by atoms with Gasteiger partial charge in [-0.15, -0.1) is 0 Å². The molecule has 116 valence electrons. The number of nitrogens with zero attached hydrogens (tertiary/aromatic N) is 3. The molecule has 22 heavy (non-hydrogen) atoms. The van der Waals surface area contributed by atoms with Crippen LogP contribution in [-0.2, 0) is 0 Å². The molecule has 1 amide bonds. The molecule has 2 aromatic rings. The van der Waals surface area contributed by atoms with Gasteiger partial charge in [0.25, 0.3) is 5.91 Å². The average Bonchev–Trinajstić information content (AvgIpc) is 2.53. The highest BCUT2D eigenvalue weighted by atomic mass is 16.1. The normalized spacial score (nSPS) is 10.1. The maximum absolute atomic E-state index is 11.9. The van der Waals surface area contributed by atoms with Gasteiger partial charge in [-0.1, -0.05) is 6.92 Å². The molecule has 0 spiro atoms. The van der Waals surface area contributed by atoms with Crippen molar-refractivity contribution >= 4 is 23.2 Å². The van der Waals surface area contributed by atoms with E-state index >= 15 is 0 Å². The molecule has 0 bridgehead atoms.